The second-order valence-corrected chi connectivity index (χ2v) is 8.38. The average molecular weight is 410 g/mol. The Morgan fingerprint density at radius 1 is 0.933 bits per heavy atom. The van der Waals surface area contributed by atoms with Crippen LogP contribution in [0.4, 0.5) is 0 Å². The number of carbonyl (C=O) groups is 1. The average Bonchev–Trinajstić information content (AvgIpc) is 2.68. The van der Waals surface area contributed by atoms with Gasteiger partial charge in [0.1, 0.15) is 18.1 Å². The van der Waals surface area contributed by atoms with Crippen LogP contribution in [0.25, 0.3) is 0 Å². The van der Waals surface area contributed by atoms with Gasteiger partial charge < -0.3 is 14.8 Å². The quantitative estimate of drug-likeness (QED) is 0.599. The highest BCUT2D eigenvalue weighted by Crippen LogP contribution is 2.24. The van der Waals surface area contributed by atoms with Gasteiger partial charge in [0.05, 0.1) is 6.61 Å². The summed E-state index contributed by atoms with van der Waals surface area (Å²) in [5, 5.41) is 3.25. The van der Waals surface area contributed by atoms with Crippen LogP contribution in [0.1, 0.15) is 78.9 Å². The van der Waals surface area contributed by atoms with Gasteiger partial charge in [0.2, 0.25) is 0 Å². The predicted octanol–water partition coefficient (Wildman–Crippen LogP) is 6.12. The van der Waals surface area contributed by atoms with Gasteiger partial charge in [0.25, 0.3) is 5.91 Å². The van der Waals surface area contributed by atoms with Crippen molar-refractivity contribution in [1.29, 1.82) is 0 Å². The lowest BCUT2D eigenvalue weighted by Crippen LogP contribution is -2.35. The van der Waals surface area contributed by atoms with Gasteiger partial charge in [-0.1, -0.05) is 38.2 Å². The topological polar surface area (TPSA) is 47.6 Å². The number of ether oxygens (including phenoxy) is 2. The lowest BCUT2D eigenvalue weighted by atomic mass is 9.96. The van der Waals surface area contributed by atoms with Crippen molar-refractivity contribution in [1.82, 2.24) is 5.32 Å². The molecule has 1 N–H and O–H groups in total. The van der Waals surface area contributed by atoms with Crippen LogP contribution in [0, 0.1) is 13.8 Å². The SMILES string of the molecule is CCOc1ccc(C(=O)NC2CCCCCCC2)cc1COc1cc(C)cc(C)c1. The summed E-state index contributed by atoms with van der Waals surface area (Å²) >= 11 is 0. The molecule has 2 aromatic carbocycles. The van der Waals surface area contributed by atoms with Gasteiger partial charge in [-0.15, -0.1) is 0 Å². The number of benzene rings is 2. The second kappa shape index (κ2) is 11.1. The number of amides is 1. The lowest BCUT2D eigenvalue weighted by molar-refractivity contribution is 0.0930. The molecule has 0 radical (unpaired) electrons. The Morgan fingerprint density at radius 3 is 2.27 bits per heavy atom. The van der Waals surface area contributed by atoms with Gasteiger partial charge in [-0.25, -0.2) is 0 Å². The molecule has 1 saturated carbocycles. The summed E-state index contributed by atoms with van der Waals surface area (Å²) in [5.74, 6) is 1.60. The molecular weight excluding hydrogens is 374 g/mol. The fraction of sp³-hybridized carbons (Fsp3) is 0.500. The molecule has 2 aromatic rings. The largest absolute Gasteiger partial charge is 0.493 e. The van der Waals surface area contributed by atoms with Gasteiger partial charge in [-0.05, 0) is 75.1 Å². The van der Waals surface area contributed by atoms with Gasteiger partial charge in [0, 0.05) is 17.2 Å². The minimum Gasteiger partial charge on any atom is -0.493 e. The molecule has 0 spiro atoms. The van der Waals surface area contributed by atoms with Crippen LogP contribution in [0.3, 0.4) is 0 Å². The Labute approximate surface area is 181 Å². The van der Waals surface area contributed by atoms with Gasteiger partial charge in [0.15, 0.2) is 0 Å². The van der Waals surface area contributed by atoms with E-state index in [1.807, 2.05) is 37.3 Å². The molecule has 0 saturated heterocycles. The molecular formula is C26H35NO3. The molecule has 1 aliphatic rings. The molecule has 4 heteroatoms. The van der Waals surface area contributed by atoms with Crippen molar-refractivity contribution < 1.29 is 14.3 Å². The Hall–Kier alpha value is -2.49. The predicted molar refractivity (Wildman–Crippen MR) is 121 cm³/mol. The van der Waals surface area contributed by atoms with E-state index in [-0.39, 0.29) is 11.9 Å². The summed E-state index contributed by atoms with van der Waals surface area (Å²) < 4.78 is 11.8. The Morgan fingerprint density at radius 2 is 1.60 bits per heavy atom. The zero-order chi connectivity index (χ0) is 21.3. The summed E-state index contributed by atoms with van der Waals surface area (Å²) in [6.45, 7) is 7.02. The van der Waals surface area contributed by atoms with Gasteiger partial charge >= 0.3 is 0 Å². The number of carbonyl (C=O) groups excluding carboxylic acids is 1. The highest BCUT2D eigenvalue weighted by Gasteiger charge is 2.17. The molecule has 3 rings (SSSR count). The van der Waals surface area contributed by atoms with E-state index in [1.54, 1.807) is 0 Å². The van der Waals surface area contributed by atoms with Crippen LogP contribution < -0.4 is 14.8 Å². The number of hydrogen-bond donors (Lipinski definition) is 1. The summed E-state index contributed by atoms with van der Waals surface area (Å²) in [5.41, 5.74) is 3.89. The van der Waals surface area contributed by atoms with Crippen LogP contribution in [0.2, 0.25) is 0 Å². The van der Waals surface area contributed by atoms with Crippen molar-refractivity contribution in [3.8, 4) is 11.5 Å². The number of nitrogens with one attached hydrogen (secondary N) is 1. The number of rotatable bonds is 7. The van der Waals surface area contributed by atoms with Crippen molar-refractivity contribution in [2.45, 2.75) is 78.4 Å². The zero-order valence-corrected chi connectivity index (χ0v) is 18.6. The minimum atomic E-state index is -0.00345. The van der Waals surface area contributed by atoms with Crippen LogP contribution in [-0.4, -0.2) is 18.6 Å². The van der Waals surface area contributed by atoms with Crippen LogP contribution in [0.5, 0.6) is 11.5 Å². The van der Waals surface area contributed by atoms with E-state index in [4.69, 9.17) is 9.47 Å². The monoisotopic (exact) mass is 409 g/mol. The van der Waals surface area contributed by atoms with E-state index in [9.17, 15) is 4.79 Å². The highest BCUT2D eigenvalue weighted by molar-refractivity contribution is 5.94. The molecule has 0 bridgehead atoms. The van der Waals surface area contributed by atoms with Crippen LogP contribution >= 0.6 is 0 Å². The van der Waals surface area contributed by atoms with E-state index in [0.717, 1.165) is 29.9 Å². The first-order valence-electron chi connectivity index (χ1n) is 11.3. The molecule has 1 fully saturated rings. The van der Waals surface area contributed by atoms with Crippen LogP contribution in [0.15, 0.2) is 36.4 Å². The van der Waals surface area contributed by atoms with Crippen molar-refractivity contribution in [3.63, 3.8) is 0 Å². The Balaban J connectivity index is 1.71. The van der Waals surface area contributed by atoms with Gasteiger partial charge in [-0.2, -0.15) is 0 Å². The van der Waals surface area contributed by atoms with E-state index in [1.165, 1.54) is 43.2 Å². The highest BCUT2D eigenvalue weighted by atomic mass is 16.5. The van der Waals surface area contributed by atoms with Crippen molar-refractivity contribution in [3.05, 3.63) is 58.7 Å². The molecule has 0 aliphatic heterocycles. The summed E-state index contributed by atoms with van der Waals surface area (Å²) in [6, 6.07) is 12.1. The number of aryl methyl sites for hydroxylation is 2. The first kappa shape index (κ1) is 22.2. The Bertz CT molecular complexity index is 818. The Kier molecular flexibility index (Phi) is 8.18. The van der Waals surface area contributed by atoms with Gasteiger partial charge in [-0.3, -0.25) is 4.79 Å². The fourth-order valence-corrected chi connectivity index (χ4v) is 4.18. The summed E-state index contributed by atoms with van der Waals surface area (Å²) in [6.07, 6.45) is 8.41. The van der Waals surface area contributed by atoms with E-state index >= 15 is 0 Å². The second-order valence-electron chi connectivity index (χ2n) is 8.38. The third-order valence-corrected chi connectivity index (χ3v) is 5.65. The molecule has 1 aliphatic carbocycles. The third kappa shape index (κ3) is 6.51. The molecule has 0 atom stereocenters. The fourth-order valence-electron chi connectivity index (χ4n) is 4.18. The van der Waals surface area contributed by atoms with E-state index < -0.39 is 0 Å². The maximum atomic E-state index is 12.9. The smallest absolute Gasteiger partial charge is 0.251 e. The first-order chi connectivity index (χ1) is 14.5. The molecule has 30 heavy (non-hydrogen) atoms. The minimum absolute atomic E-state index is 0.00345. The van der Waals surface area contributed by atoms with Crippen molar-refractivity contribution in [2.75, 3.05) is 6.61 Å². The molecule has 1 amide bonds. The molecule has 0 heterocycles. The standard InChI is InChI=1S/C26H35NO3/c1-4-29-25-13-12-21(26(28)27-23-10-8-6-5-7-9-11-23)17-22(25)18-30-24-15-19(2)14-20(3)16-24/h12-17,23H,4-11,18H2,1-3H3,(H,27,28). The normalized spacial score (nSPS) is 15.2. The lowest BCUT2D eigenvalue weighted by Gasteiger charge is -2.21. The molecule has 162 valence electrons. The molecule has 0 aromatic heterocycles. The van der Waals surface area contributed by atoms with Crippen molar-refractivity contribution >= 4 is 5.91 Å². The first-order valence-corrected chi connectivity index (χ1v) is 11.3. The van der Waals surface area contributed by atoms with Crippen LogP contribution in [-0.2, 0) is 6.61 Å². The maximum Gasteiger partial charge on any atom is 0.251 e. The molecule has 4 nitrogen and oxygen atoms in total. The zero-order valence-electron chi connectivity index (χ0n) is 18.6. The number of hydrogen-bond acceptors (Lipinski definition) is 3. The third-order valence-electron chi connectivity index (χ3n) is 5.65. The molecule has 0 unspecified atom stereocenters. The summed E-state index contributed by atoms with van der Waals surface area (Å²) in [7, 11) is 0. The van der Waals surface area contributed by atoms with Crippen molar-refractivity contribution in [2.24, 2.45) is 0 Å². The summed E-state index contributed by atoms with van der Waals surface area (Å²) in [4.78, 5) is 12.9. The van der Waals surface area contributed by atoms with E-state index in [0.29, 0.717) is 18.8 Å². The van der Waals surface area contributed by atoms with E-state index in [2.05, 4.69) is 25.2 Å². The maximum absolute atomic E-state index is 12.9.